The SMILES string of the molecule is O=C(O)c1ccc2cc(-c3cc4ccc(F)cc4oc3=O)oc2c1. The molecule has 0 aliphatic carbocycles. The Labute approximate surface area is 133 Å². The number of aromatic carboxylic acids is 1. The molecular formula is C18H9FO5. The quantitative estimate of drug-likeness (QED) is 0.563. The van der Waals surface area contributed by atoms with Gasteiger partial charge < -0.3 is 13.9 Å². The summed E-state index contributed by atoms with van der Waals surface area (Å²) in [4.78, 5) is 23.2. The van der Waals surface area contributed by atoms with Gasteiger partial charge in [0.25, 0.3) is 0 Å². The highest BCUT2D eigenvalue weighted by Gasteiger charge is 2.14. The zero-order valence-electron chi connectivity index (χ0n) is 12.1. The molecule has 2 aromatic carbocycles. The number of furan rings is 1. The lowest BCUT2D eigenvalue weighted by Crippen LogP contribution is -2.01. The molecule has 4 rings (SSSR count). The van der Waals surface area contributed by atoms with Crippen molar-refractivity contribution in [2.45, 2.75) is 0 Å². The number of carboxylic acids is 1. The van der Waals surface area contributed by atoms with E-state index in [1.54, 1.807) is 18.2 Å². The van der Waals surface area contributed by atoms with Crippen LogP contribution >= 0.6 is 0 Å². The van der Waals surface area contributed by atoms with Crippen LogP contribution in [-0.4, -0.2) is 11.1 Å². The molecule has 6 heteroatoms. The molecule has 0 radical (unpaired) electrons. The van der Waals surface area contributed by atoms with Crippen LogP contribution in [0.4, 0.5) is 4.39 Å². The lowest BCUT2D eigenvalue weighted by Gasteiger charge is -1.99. The largest absolute Gasteiger partial charge is 0.478 e. The Morgan fingerprint density at radius 2 is 1.62 bits per heavy atom. The summed E-state index contributed by atoms with van der Waals surface area (Å²) in [5.74, 6) is -1.31. The van der Waals surface area contributed by atoms with Crippen molar-refractivity contribution in [2.75, 3.05) is 0 Å². The summed E-state index contributed by atoms with van der Waals surface area (Å²) in [6, 6.07) is 11.5. The van der Waals surface area contributed by atoms with Gasteiger partial charge in [-0.05, 0) is 36.4 Å². The van der Waals surface area contributed by atoms with Crippen molar-refractivity contribution >= 4 is 27.9 Å². The van der Waals surface area contributed by atoms with Crippen LogP contribution in [0.15, 0.2) is 62.2 Å². The topological polar surface area (TPSA) is 80.6 Å². The minimum atomic E-state index is -1.07. The molecule has 0 spiro atoms. The van der Waals surface area contributed by atoms with E-state index in [1.807, 2.05) is 0 Å². The number of carbonyl (C=O) groups is 1. The number of fused-ring (bicyclic) bond motifs is 2. The average molecular weight is 324 g/mol. The Bertz CT molecular complexity index is 1170. The van der Waals surface area contributed by atoms with Gasteiger partial charge in [-0.3, -0.25) is 0 Å². The molecule has 0 bridgehead atoms. The first-order valence-corrected chi connectivity index (χ1v) is 7.02. The van der Waals surface area contributed by atoms with Crippen molar-refractivity contribution in [1.82, 2.24) is 0 Å². The number of hydrogen-bond acceptors (Lipinski definition) is 4. The molecule has 4 aromatic rings. The van der Waals surface area contributed by atoms with Crippen molar-refractivity contribution in [3.05, 3.63) is 70.3 Å². The molecule has 0 atom stereocenters. The van der Waals surface area contributed by atoms with Gasteiger partial charge in [0.1, 0.15) is 28.3 Å². The summed E-state index contributed by atoms with van der Waals surface area (Å²) >= 11 is 0. The predicted molar refractivity (Wildman–Crippen MR) is 84.6 cm³/mol. The van der Waals surface area contributed by atoms with Crippen LogP contribution in [0.25, 0.3) is 33.3 Å². The lowest BCUT2D eigenvalue weighted by atomic mass is 10.1. The maximum absolute atomic E-state index is 13.2. The third-order valence-electron chi connectivity index (χ3n) is 3.73. The maximum Gasteiger partial charge on any atom is 0.347 e. The second-order valence-corrected chi connectivity index (χ2v) is 5.30. The fraction of sp³-hybridized carbons (Fsp3) is 0. The van der Waals surface area contributed by atoms with Crippen LogP contribution in [0.3, 0.4) is 0 Å². The third kappa shape index (κ3) is 2.25. The van der Waals surface area contributed by atoms with Gasteiger partial charge in [0.15, 0.2) is 0 Å². The van der Waals surface area contributed by atoms with E-state index in [2.05, 4.69) is 0 Å². The van der Waals surface area contributed by atoms with Gasteiger partial charge in [0, 0.05) is 16.8 Å². The fourth-order valence-corrected chi connectivity index (χ4v) is 2.55. The molecule has 0 saturated heterocycles. The molecule has 2 aromatic heterocycles. The molecule has 0 saturated carbocycles. The number of carboxylic acid groups (broad SMARTS) is 1. The molecule has 1 N–H and O–H groups in total. The fourth-order valence-electron chi connectivity index (χ4n) is 2.55. The van der Waals surface area contributed by atoms with E-state index in [0.717, 1.165) is 6.07 Å². The predicted octanol–water partition coefficient (Wildman–Crippen LogP) is 4.04. The van der Waals surface area contributed by atoms with E-state index in [-0.39, 0.29) is 22.5 Å². The summed E-state index contributed by atoms with van der Waals surface area (Å²) in [7, 11) is 0. The van der Waals surface area contributed by atoms with E-state index in [9.17, 15) is 14.0 Å². The van der Waals surface area contributed by atoms with Gasteiger partial charge in [-0.25, -0.2) is 14.0 Å². The van der Waals surface area contributed by atoms with Gasteiger partial charge >= 0.3 is 11.6 Å². The number of rotatable bonds is 2. The van der Waals surface area contributed by atoms with Crippen LogP contribution in [0, 0.1) is 5.82 Å². The molecule has 5 nitrogen and oxygen atoms in total. The highest BCUT2D eigenvalue weighted by molar-refractivity contribution is 5.94. The van der Waals surface area contributed by atoms with E-state index in [0.29, 0.717) is 16.4 Å². The summed E-state index contributed by atoms with van der Waals surface area (Å²) in [6.07, 6.45) is 0. The average Bonchev–Trinajstić information content (AvgIpc) is 2.96. The zero-order chi connectivity index (χ0) is 16.8. The Kier molecular flexibility index (Phi) is 2.99. The second-order valence-electron chi connectivity index (χ2n) is 5.30. The first kappa shape index (κ1) is 14.2. The molecule has 24 heavy (non-hydrogen) atoms. The molecule has 0 aliphatic rings. The van der Waals surface area contributed by atoms with Gasteiger partial charge in [0.05, 0.1) is 5.56 Å². The van der Waals surface area contributed by atoms with Crippen LogP contribution in [0.5, 0.6) is 0 Å². The molecule has 0 unspecified atom stereocenters. The van der Waals surface area contributed by atoms with Crippen molar-refractivity contribution in [3.63, 3.8) is 0 Å². The Hall–Kier alpha value is -3.41. The van der Waals surface area contributed by atoms with Crippen molar-refractivity contribution in [2.24, 2.45) is 0 Å². The number of hydrogen-bond donors (Lipinski definition) is 1. The normalized spacial score (nSPS) is 11.2. The minimum absolute atomic E-state index is 0.0874. The van der Waals surface area contributed by atoms with Crippen LogP contribution in [0.1, 0.15) is 10.4 Å². The lowest BCUT2D eigenvalue weighted by molar-refractivity contribution is 0.0697. The standard InChI is InChI=1S/C18H9FO5/c19-12-4-3-9-5-13(18(22)24-15(9)8-12)16-6-10-1-2-11(17(20)21)7-14(10)23-16/h1-8H,(H,20,21). The van der Waals surface area contributed by atoms with Gasteiger partial charge in [0.2, 0.25) is 0 Å². The molecular weight excluding hydrogens is 315 g/mol. The Balaban J connectivity index is 1.92. The van der Waals surface area contributed by atoms with E-state index in [4.69, 9.17) is 13.9 Å². The molecule has 0 amide bonds. The molecule has 0 fully saturated rings. The first-order chi connectivity index (χ1) is 11.5. The first-order valence-electron chi connectivity index (χ1n) is 7.02. The number of halogens is 1. The van der Waals surface area contributed by atoms with Crippen molar-refractivity contribution < 1.29 is 23.1 Å². The molecule has 118 valence electrons. The van der Waals surface area contributed by atoms with Gasteiger partial charge in [-0.2, -0.15) is 0 Å². The second kappa shape index (κ2) is 5.06. The summed E-state index contributed by atoms with van der Waals surface area (Å²) in [6.45, 7) is 0. The smallest absolute Gasteiger partial charge is 0.347 e. The van der Waals surface area contributed by atoms with Crippen molar-refractivity contribution in [3.8, 4) is 11.3 Å². The Morgan fingerprint density at radius 3 is 2.42 bits per heavy atom. The highest BCUT2D eigenvalue weighted by Crippen LogP contribution is 2.28. The van der Waals surface area contributed by atoms with E-state index in [1.165, 1.54) is 24.3 Å². The minimum Gasteiger partial charge on any atom is -0.478 e. The Morgan fingerprint density at radius 1 is 0.917 bits per heavy atom. The van der Waals surface area contributed by atoms with E-state index >= 15 is 0 Å². The third-order valence-corrected chi connectivity index (χ3v) is 3.73. The highest BCUT2D eigenvalue weighted by atomic mass is 19.1. The van der Waals surface area contributed by atoms with Gasteiger partial charge in [-0.15, -0.1) is 0 Å². The van der Waals surface area contributed by atoms with Crippen LogP contribution < -0.4 is 5.63 Å². The van der Waals surface area contributed by atoms with Crippen LogP contribution in [-0.2, 0) is 0 Å². The van der Waals surface area contributed by atoms with Crippen LogP contribution in [0.2, 0.25) is 0 Å². The molecule has 0 aliphatic heterocycles. The monoisotopic (exact) mass is 324 g/mol. The summed E-state index contributed by atoms with van der Waals surface area (Å²) < 4.78 is 23.9. The number of benzene rings is 2. The summed E-state index contributed by atoms with van der Waals surface area (Å²) in [5, 5.41) is 10.2. The zero-order valence-corrected chi connectivity index (χ0v) is 12.1. The molecule has 2 heterocycles. The maximum atomic E-state index is 13.2. The van der Waals surface area contributed by atoms with E-state index < -0.39 is 17.4 Å². The summed E-state index contributed by atoms with van der Waals surface area (Å²) in [5.41, 5.74) is 0.105. The van der Waals surface area contributed by atoms with Gasteiger partial charge in [-0.1, -0.05) is 6.07 Å². The van der Waals surface area contributed by atoms with Crippen molar-refractivity contribution in [1.29, 1.82) is 0 Å².